The Morgan fingerprint density at radius 3 is 1.85 bits per heavy atom. The Balaban J connectivity index is 1.93. The van der Waals surface area contributed by atoms with Gasteiger partial charge in [-0.2, -0.15) is 8.42 Å². The maximum Gasteiger partial charge on any atom is 0.344 e. The van der Waals surface area contributed by atoms with Gasteiger partial charge in [0.05, 0.1) is 6.42 Å². The van der Waals surface area contributed by atoms with Crippen LogP contribution in [0.15, 0.2) is 0 Å². The van der Waals surface area contributed by atoms with Gasteiger partial charge in [-0.1, -0.05) is 6.92 Å². The second-order valence-corrected chi connectivity index (χ2v) is 7.07. The van der Waals surface area contributed by atoms with Crippen molar-refractivity contribution in [1.29, 1.82) is 0 Å². The third kappa shape index (κ3) is 3.85. The predicted octanol–water partition coefficient (Wildman–Crippen LogP) is -2.30. The van der Waals surface area contributed by atoms with E-state index in [-0.39, 0.29) is 16.5 Å². The number of hydroxylamine groups is 4. The lowest BCUT2D eigenvalue weighted by Crippen LogP contribution is -2.38. The summed E-state index contributed by atoms with van der Waals surface area (Å²) >= 11 is 0. The standard InChI is InChI=1S/C12H12N2O11S/c1-5-2-7(15)13(11(5)19)24-9(17)4-10(18)25-14-8(16)3-6(12(14)20)26(21,22)23/h5-6H,2-4H2,1H3,(H,21,22,23). The largest absolute Gasteiger partial charge is 0.344 e. The minimum atomic E-state index is -4.89. The Hall–Kier alpha value is -2.87. The first kappa shape index (κ1) is 19.5. The van der Waals surface area contributed by atoms with E-state index in [2.05, 4.69) is 9.68 Å². The molecule has 2 unspecified atom stereocenters. The van der Waals surface area contributed by atoms with Crippen molar-refractivity contribution in [1.82, 2.24) is 10.1 Å². The third-order valence-electron chi connectivity index (χ3n) is 3.43. The summed E-state index contributed by atoms with van der Waals surface area (Å²) in [5, 5.41) is -2.11. The summed E-state index contributed by atoms with van der Waals surface area (Å²) in [6.45, 7) is 1.43. The second kappa shape index (κ2) is 6.80. The van der Waals surface area contributed by atoms with E-state index in [1.807, 2.05) is 0 Å². The number of nitrogens with zero attached hydrogens (tertiary/aromatic N) is 2. The predicted molar refractivity (Wildman–Crippen MR) is 74.2 cm³/mol. The number of hydrogen-bond donors (Lipinski definition) is 1. The smallest absolute Gasteiger partial charge is 0.330 e. The first-order valence-corrected chi connectivity index (χ1v) is 8.53. The Morgan fingerprint density at radius 1 is 1.00 bits per heavy atom. The van der Waals surface area contributed by atoms with Gasteiger partial charge in [-0.05, 0) is 0 Å². The third-order valence-corrected chi connectivity index (χ3v) is 4.51. The van der Waals surface area contributed by atoms with Gasteiger partial charge in [-0.3, -0.25) is 23.7 Å². The van der Waals surface area contributed by atoms with E-state index in [1.165, 1.54) is 6.92 Å². The molecule has 0 saturated carbocycles. The molecular weight excluding hydrogens is 380 g/mol. The van der Waals surface area contributed by atoms with Crippen LogP contribution in [0, 0.1) is 5.92 Å². The molecule has 2 rings (SSSR count). The number of imide groups is 2. The molecule has 0 aromatic carbocycles. The van der Waals surface area contributed by atoms with E-state index in [1.54, 1.807) is 0 Å². The molecule has 0 bridgehead atoms. The molecule has 2 aliphatic heterocycles. The van der Waals surface area contributed by atoms with Crippen LogP contribution < -0.4 is 0 Å². The lowest BCUT2D eigenvalue weighted by atomic mass is 10.1. The van der Waals surface area contributed by atoms with Crippen LogP contribution in [0.3, 0.4) is 0 Å². The number of hydrogen-bond acceptors (Lipinski definition) is 10. The summed E-state index contributed by atoms with van der Waals surface area (Å²) in [4.78, 5) is 78.1. The molecule has 0 aromatic heterocycles. The molecule has 0 radical (unpaired) electrons. The van der Waals surface area contributed by atoms with Crippen LogP contribution in [-0.4, -0.2) is 63.9 Å². The summed E-state index contributed by atoms with van der Waals surface area (Å²) < 4.78 is 30.7. The van der Waals surface area contributed by atoms with Crippen molar-refractivity contribution in [3.05, 3.63) is 0 Å². The van der Waals surface area contributed by atoms with Gasteiger partial charge in [-0.15, -0.1) is 10.1 Å². The van der Waals surface area contributed by atoms with Crippen molar-refractivity contribution in [2.75, 3.05) is 0 Å². The quantitative estimate of drug-likeness (QED) is 0.302. The summed E-state index contributed by atoms with van der Waals surface area (Å²) in [5.41, 5.74) is 0. The van der Waals surface area contributed by atoms with Crippen LogP contribution >= 0.6 is 0 Å². The lowest BCUT2D eigenvalue weighted by molar-refractivity contribution is -0.206. The molecule has 13 nitrogen and oxygen atoms in total. The zero-order chi connectivity index (χ0) is 19.8. The van der Waals surface area contributed by atoms with Gasteiger partial charge in [0, 0.05) is 12.3 Å². The van der Waals surface area contributed by atoms with Crippen LogP contribution in [0.5, 0.6) is 0 Å². The molecule has 4 amide bonds. The molecule has 2 aliphatic rings. The Kier molecular flexibility index (Phi) is 5.09. The van der Waals surface area contributed by atoms with Crippen molar-refractivity contribution in [2.24, 2.45) is 5.92 Å². The Morgan fingerprint density at radius 2 is 1.46 bits per heavy atom. The molecule has 2 saturated heterocycles. The summed E-state index contributed by atoms with van der Waals surface area (Å²) in [6.07, 6.45) is -2.30. The average Bonchev–Trinajstić information content (AvgIpc) is 2.91. The molecule has 26 heavy (non-hydrogen) atoms. The zero-order valence-corrected chi connectivity index (χ0v) is 13.9. The topological polar surface area (TPSA) is 182 Å². The Labute approximate surface area is 145 Å². The highest BCUT2D eigenvalue weighted by Gasteiger charge is 2.48. The van der Waals surface area contributed by atoms with Gasteiger partial charge in [0.15, 0.2) is 5.25 Å². The van der Waals surface area contributed by atoms with Crippen LogP contribution in [0.25, 0.3) is 0 Å². The molecule has 2 fully saturated rings. The van der Waals surface area contributed by atoms with Crippen LogP contribution in [0.1, 0.15) is 26.2 Å². The first-order valence-electron chi connectivity index (χ1n) is 7.03. The fraction of sp³-hybridized carbons (Fsp3) is 0.500. The first-order chi connectivity index (χ1) is 11.9. The van der Waals surface area contributed by atoms with E-state index in [0.717, 1.165) is 0 Å². The maximum absolute atomic E-state index is 11.7. The van der Waals surface area contributed by atoms with E-state index in [4.69, 9.17) is 4.55 Å². The van der Waals surface area contributed by atoms with Crippen LogP contribution in [0.2, 0.25) is 0 Å². The van der Waals surface area contributed by atoms with Gasteiger partial charge < -0.3 is 9.68 Å². The number of rotatable bonds is 5. The maximum atomic E-state index is 11.7. The molecule has 0 aliphatic carbocycles. The van der Waals surface area contributed by atoms with Crippen molar-refractivity contribution in [3.63, 3.8) is 0 Å². The number of carbonyl (C=O) groups is 6. The van der Waals surface area contributed by atoms with Crippen LogP contribution in [0.4, 0.5) is 0 Å². The summed E-state index contributed by atoms with van der Waals surface area (Å²) in [7, 11) is -4.89. The fourth-order valence-corrected chi connectivity index (χ4v) is 2.85. The van der Waals surface area contributed by atoms with Crippen molar-refractivity contribution < 1.29 is 51.4 Å². The fourth-order valence-electron chi connectivity index (χ4n) is 2.15. The molecule has 0 spiro atoms. The molecule has 2 heterocycles. The highest BCUT2D eigenvalue weighted by molar-refractivity contribution is 7.87. The van der Waals surface area contributed by atoms with Gasteiger partial charge >= 0.3 is 11.9 Å². The monoisotopic (exact) mass is 392 g/mol. The SMILES string of the molecule is CC1CC(=O)N(OC(=O)CC(=O)ON2C(=O)CC(S(=O)(=O)O)C2=O)C1=O. The van der Waals surface area contributed by atoms with E-state index < -0.39 is 69.7 Å². The van der Waals surface area contributed by atoms with Crippen LogP contribution in [-0.2, 0) is 48.6 Å². The lowest BCUT2D eigenvalue weighted by Gasteiger charge is -2.15. The van der Waals surface area contributed by atoms with Gasteiger partial charge in [-0.25, -0.2) is 9.59 Å². The normalized spacial score (nSPS) is 23.6. The van der Waals surface area contributed by atoms with E-state index >= 15 is 0 Å². The number of carbonyl (C=O) groups excluding carboxylic acids is 6. The minimum Gasteiger partial charge on any atom is -0.330 e. The van der Waals surface area contributed by atoms with E-state index in [9.17, 15) is 37.2 Å². The van der Waals surface area contributed by atoms with Gasteiger partial charge in [0.1, 0.15) is 6.42 Å². The van der Waals surface area contributed by atoms with Crippen molar-refractivity contribution in [3.8, 4) is 0 Å². The van der Waals surface area contributed by atoms with E-state index in [0.29, 0.717) is 0 Å². The number of amides is 4. The molecular formula is C12H12N2O11S. The highest BCUT2D eigenvalue weighted by Crippen LogP contribution is 2.21. The summed E-state index contributed by atoms with van der Waals surface area (Å²) in [5.74, 6) is -7.85. The average molecular weight is 392 g/mol. The zero-order valence-electron chi connectivity index (χ0n) is 13.1. The summed E-state index contributed by atoms with van der Waals surface area (Å²) in [6, 6.07) is 0. The minimum absolute atomic E-state index is 0.176. The molecule has 0 aromatic rings. The highest BCUT2D eigenvalue weighted by atomic mass is 32.2. The molecule has 14 heteroatoms. The molecule has 2 atom stereocenters. The van der Waals surface area contributed by atoms with Crippen molar-refractivity contribution in [2.45, 2.75) is 31.4 Å². The second-order valence-electron chi connectivity index (χ2n) is 5.47. The Bertz CT molecular complexity index is 817. The van der Waals surface area contributed by atoms with Gasteiger partial charge in [0.25, 0.3) is 33.7 Å². The van der Waals surface area contributed by atoms with Gasteiger partial charge in [0.2, 0.25) is 0 Å². The molecule has 1 N–H and O–H groups in total. The van der Waals surface area contributed by atoms with Crippen molar-refractivity contribution >= 4 is 45.7 Å². The molecule has 142 valence electrons.